The van der Waals surface area contributed by atoms with Crippen LogP contribution in [0.4, 0.5) is 0 Å². The lowest BCUT2D eigenvalue weighted by Gasteiger charge is -2.24. The summed E-state index contributed by atoms with van der Waals surface area (Å²) in [6, 6.07) is 0. The van der Waals surface area contributed by atoms with Crippen molar-refractivity contribution >= 4 is 11.9 Å². The van der Waals surface area contributed by atoms with Gasteiger partial charge in [-0.1, -0.05) is 13.3 Å². The Balaban J connectivity index is 0.000000796. The van der Waals surface area contributed by atoms with Crippen LogP contribution in [0.1, 0.15) is 45.4 Å². The fourth-order valence-electron chi connectivity index (χ4n) is 2.01. The molecule has 0 bridgehead atoms. The lowest BCUT2D eigenvalue weighted by molar-refractivity contribution is -0.152. The highest BCUT2D eigenvalue weighted by molar-refractivity contribution is 5.74. The van der Waals surface area contributed by atoms with Crippen molar-refractivity contribution in [3.63, 3.8) is 0 Å². The lowest BCUT2D eigenvalue weighted by Crippen LogP contribution is -2.27. The molecule has 0 aromatic heterocycles. The van der Waals surface area contributed by atoms with Crippen molar-refractivity contribution in [3.05, 3.63) is 0 Å². The molecular formula is C14H26O6. The molecule has 0 unspecified atom stereocenters. The molecule has 1 fully saturated rings. The van der Waals surface area contributed by atoms with Crippen LogP contribution < -0.4 is 0 Å². The van der Waals surface area contributed by atoms with Gasteiger partial charge < -0.3 is 20.1 Å². The number of esters is 1. The van der Waals surface area contributed by atoms with Gasteiger partial charge in [-0.15, -0.1) is 0 Å². The summed E-state index contributed by atoms with van der Waals surface area (Å²) in [5, 5.41) is 24.1. The van der Waals surface area contributed by atoms with Gasteiger partial charge in [-0.3, -0.25) is 9.59 Å². The predicted octanol–water partition coefficient (Wildman–Crippen LogP) is 1.19. The standard InChI is InChI=1S/C12H20O4.C2H6O2/c1-2-3-8-16-12(15)10-6-4-9(5-7-10)11(13)14;3-1-2-4/h9-10H,2-8H2,1H3,(H,13,14);3-4H,1-2H2. The highest BCUT2D eigenvalue weighted by atomic mass is 16.5. The maximum atomic E-state index is 11.6. The molecule has 6 heteroatoms. The van der Waals surface area contributed by atoms with Crippen LogP contribution in [0.15, 0.2) is 0 Å². The highest BCUT2D eigenvalue weighted by Crippen LogP contribution is 2.29. The third kappa shape index (κ3) is 8.12. The molecule has 118 valence electrons. The van der Waals surface area contributed by atoms with E-state index >= 15 is 0 Å². The van der Waals surface area contributed by atoms with E-state index in [2.05, 4.69) is 0 Å². The molecule has 0 amide bonds. The zero-order valence-electron chi connectivity index (χ0n) is 12.1. The largest absolute Gasteiger partial charge is 0.481 e. The molecule has 6 nitrogen and oxygen atoms in total. The minimum Gasteiger partial charge on any atom is -0.481 e. The Bertz CT molecular complexity index is 269. The zero-order chi connectivity index (χ0) is 15.4. The third-order valence-corrected chi connectivity index (χ3v) is 3.25. The van der Waals surface area contributed by atoms with Crippen LogP contribution in [0.2, 0.25) is 0 Å². The van der Waals surface area contributed by atoms with Gasteiger partial charge in [-0.25, -0.2) is 0 Å². The number of carbonyl (C=O) groups excluding carboxylic acids is 1. The number of hydrogen-bond acceptors (Lipinski definition) is 5. The fourth-order valence-corrected chi connectivity index (χ4v) is 2.01. The fraction of sp³-hybridized carbons (Fsp3) is 0.857. The van der Waals surface area contributed by atoms with Crippen LogP contribution in [0.25, 0.3) is 0 Å². The van der Waals surface area contributed by atoms with E-state index in [9.17, 15) is 9.59 Å². The number of aliphatic hydroxyl groups excluding tert-OH is 2. The van der Waals surface area contributed by atoms with Crippen LogP contribution in [0.5, 0.6) is 0 Å². The summed E-state index contributed by atoms with van der Waals surface area (Å²) in [6.45, 7) is 2.29. The second kappa shape index (κ2) is 11.7. The van der Waals surface area contributed by atoms with Crippen LogP contribution in [-0.4, -0.2) is 47.1 Å². The smallest absolute Gasteiger partial charge is 0.308 e. The summed E-state index contributed by atoms with van der Waals surface area (Å²) in [5.41, 5.74) is 0. The Morgan fingerprint density at radius 1 is 1.05 bits per heavy atom. The van der Waals surface area contributed by atoms with E-state index in [1.165, 1.54) is 0 Å². The molecule has 0 heterocycles. The number of carbonyl (C=O) groups is 2. The highest BCUT2D eigenvalue weighted by Gasteiger charge is 2.30. The first-order chi connectivity index (χ1) is 9.56. The van der Waals surface area contributed by atoms with Gasteiger partial charge in [0.2, 0.25) is 0 Å². The Hall–Kier alpha value is -1.14. The van der Waals surface area contributed by atoms with Crippen molar-refractivity contribution in [1.29, 1.82) is 0 Å². The Kier molecular flexibility index (Phi) is 11.0. The number of rotatable bonds is 6. The van der Waals surface area contributed by atoms with Crippen molar-refractivity contribution in [3.8, 4) is 0 Å². The minimum atomic E-state index is -0.738. The van der Waals surface area contributed by atoms with E-state index in [-0.39, 0.29) is 31.0 Å². The zero-order valence-corrected chi connectivity index (χ0v) is 12.1. The Morgan fingerprint density at radius 2 is 1.55 bits per heavy atom. The average Bonchev–Trinajstić information content (AvgIpc) is 2.47. The summed E-state index contributed by atoms with van der Waals surface area (Å²) < 4.78 is 5.13. The second-order valence-corrected chi connectivity index (χ2v) is 4.86. The first-order valence-electron chi connectivity index (χ1n) is 7.17. The number of unbranched alkanes of at least 4 members (excludes halogenated alkanes) is 1. The molecule has 1 aliphatic rings. The number of ether oxygens (including phenoxy) is 1. The number of carboxylic acid groups (broad SMARTS) is 1. The van der Waals surface area contributed by atoms with Crippen LogP contribution in [-0.2, 0) is 14.3 Å². The molecule has 0 saturated heterocycles. The minimum absolute atomic E-state index is 0.0764. The van der Waals surface area contributed by atoms with E-state index in [1.54, 1.807) is 0 Å². The lowest BCUT2D eigenvalue weighted by atomic mass is 9.82. The molecule has 0 aromatic rings. The molecule has 0 radical (unpaired) electrons. The van der Waals surface area contributed by atoms with Gasteiger partial charge >= 0.3 is 11.9 Å². The molecule has 1 saturated carbocycles. The van der Waals surface area contributed by atoms with Crippen molar-refractivity contribution in [2.45, 2.75) is 45.4 Å². The molecule has 0 spiro atoms. The van der Waals surface area contributed by atoms with Crippen LogP contribution in [0, 0.1) is 11.8 Å². The van der Waals surface area contributed by atoms with Crippen molar-refractivity contribution in [1.82, 2.24) is 0 Å². The number of aliphatic hydroxyl groups is 2. The Morgan fingerprint density at radius 3 is 1.95 bits per heavy atom. The Labute approximate surface area is 119 Å². The summed E-state index contributed by atoms with van der Waals surface area (Å²) >= 11 is 0. The molecular weight excluding hydrogens is 264 g/mol. The SMILES string of the molecule is CCCCOC(=O)C1CCC(C(=O)O)CC1.OCCO. The van der Waals surface area contributed by atoms with Gasteiger partial charge in [0.15, 0.2) is 0 Å². The van der Waals surface area contributed by atoms with Crippen molar-refractivity contribution < 1.29 is 29.6 Å². The van der Waals surface area contributed by atoms with Crippen LogP contribution in [0.3, 0.4) is 0 Å². The van der Waals surface area contributed by atoms with E-state index in [4.69, 9.17) is 20.1 Å². The first kappa shape index (κ1) is 18.9. The molecule has 1 aliphatic carbocycles. The maximum absolute atomic E-state index is 11.6. The quantitative estimate of drug-likeness (QED) is 0.501. The van der Waals surface area contributed by atoms with Gasteiger partial charge in [-0.05, 0) is 32.1 Å². The van der Waals surface area contributed by atoms with Crippen molar-refractivity contribution in [2.24, 2.45) is 11.8 Å². The van der Waals surface area contributed by atoms with Crippen molar-refractivity contribution in [2.75, 3.05) is 19.8 Å². The molecule has 0 aromatic carbocycles. The van der Waals surface area contributed by atoms with E-state index in [0.717, 1.165) is 12.8 Å². The monoisotopic (exact) mass is 290 g/mol. The summed E-state index contributed by atoms with van der Waals surface area (Å²) in [7, 11) is 0. The van der Waals surface area contributed by atoms with Gasteiger partial charge in [0, 0.05) is 0 Å². The van der Waals surface area contributed by atoms with E-state index in [0.29, 0.717) is 32.3 Å². The predicted molar refractivity (Wildman–Crippen MR) is 73.1 cm³/mol. The van der Waals surface area contributed by atoms with Gasteiger partial charge in [-0.2, -0.15) is 0 Å². The van der Waals surface area contributed by atoms with E-state index < -0.39 is 5.97 Å². The molecule has 20 heavy (non-hydrogen) atoms. The molecule has 3 N–H and O–H groups in total. The average molecular weight is 290 g/mol. The summed E-state index contributed by atoms with van der Waals surface area (Å²) in [5.74, 6) is -1.22. The summed E-state index contributed by atoms with van der Waals surface area (Å²) in [6.07, 6.45) is 4.42. The number of carboxylic acids is 1. The third-order valence-electron chi connectivity index (χ3n) is 3.25. The summed E-state index contributed by atoms with van der Waals surface area (Å²) in [4.78, 5) is 22.3. The number of hydrogen-bond donors (Lipinski definition) is 3. The first-order valence-corrected chi connectivity index (χ1v) is 7.17. The topological polar surface area (TPSA) is 104 Å². The van der Waals surface area contributed by atoms with Gasteiger partial charge in [0.05, 0.1) is 31.7 Å². The van der Waals surface area contributed by atoms with Gasteiger partial charge in [0.25, 0.3) is 0 Å². The molecule has 0 atom stereocenters. The molecule has 1 rings (SSSR count). The van der Waals surface area contributed by atoms with Crippen LogP contribution >= 0.6 is 0 Å². The second-order valence-electron chi connectivity index (χ2n) is 4.86. The maximum Gasteiger partial charge on any atom is 0.308 e. The van der Waals surface area contributed by atoms with Gasteiger partial charge in [0.1, 0.15) is 0 Å². The molecule has 0 aliphatic heterocycles. The number of aliphatic carboxylic acids is 1. The normalized spacial score (nSPS) is 21.6. The van der Waals surface area contributed by atoms with E-state index in [1.807, 2.05) is 6.92 Å².